The smallest absolute Gasteiger partial charge is 0.457 e. The highest BCUT2D eigenvalue weighted by Gasteiger charge is 2.55. The molecule has 3 aliphatic heterocycles. The van der Waals surface area contributed by atoms with E-state index in [1.165, 1.54) is 16.5 Å². The van der Waals surface area contributed by atoms with Crippen LogP contribution in [0.3, 0.4) is 0 Å². The van der Waals surface area contributed by atoms with E-state index in [4.69, 9.17) is 50.3 Å². The van der Waals surface area contributed by atoms with Crippen LogP contribution < -0.4 is 14.9 Å². The van der Waals surface area contributed by atoms with Crippen molar-refractivity contribution in [2.45, 2.75) is 57.2 Å². The van der Waals surface area contributed by atoms with Crippen LogP contribution in [0.15, 0.2) is 376 Å². The van der Waals surface area contributed by atoms with Gasteiger partial charge in [0.2, 0.25) is 5.28 Å². The lowest BCUT2D eigenvalue weighted by Crippen LogP contribution is -2.41. The maximum atomic E-state index is 6.98. The number of aromatic nitrogens is 6. The summed E-state index contributed by atoms with van der Waals surface area (Å²) >= 11 is 6.26. The van der Waals surface area contributed by atoms with Crippen molar-refractivity contribution in [3.05, 3.63) is 426 Å². The number of hydrogen-bond acceptors (Lipinski definition) is 10. The summed E-state index contributed by atoms with van der Waals surface area (Å²) in [6.07, 6.45) is 0. The van der Waals surface area contributed by atoms with Gasteiger partial charge >= 0.3 is 7.12 Å². The van der Waals surface area contributed by atoms with Gasteiger partial charge in [-0.1, -0.05) is 353 Å². The maximum absolute atomic E-state index is 6.98. The molecule has 1 saturated heterocycles. The first-order valence-electron chi connectivity index (χ1n) is 38.4. The minimum atomic E-state index is -0.657. The molecule has 0 unspecified atom stereocenters. The quantitative estimate of drug-likeness (QED) is 0.123. The van der Waals surface area contributed by atoms with Crippen molar-refractivity contribution in [1.29, 1.82) is 0 Å². The third kappa shape index (κ3) is 13.0. The highest BCUT2D eigenvalue weighted by Crippen LogP contribution is 2.59. The lowest BCUT2D eigenvalue weighted by Gasteiger charge is -2.42. The fraction of sp³-hybridized carbons (Fsp3) is 0.0874. The second-order valence-electron chi connectivity index (χ2n) is 29.9. The van der Waals surface area contributed by atoms with Crippen molar-refractivity contribution in [1.82, 2.24) is 29.9 Å². The predicted molar refractivity (Wildman–Crippen MR) is 468 cm³/mol. The summed E-state index contributed by atoms with van der Waals surface area (Å²) in [6, 6.07) is 130. The van der Waals surface area contributed by atoms with Crippen molar-refractivity contribution in [3.63, 3.8) is 0 Å². The van der Waals surface area contributed by atoms with E-state index >= 15 is 0 Å². The van der Waals surface area contributed by atoms with E-state index in [0.29, 0.717) is 29.1 Å². The Morgan fingerprint density at radius 2 is 0.591 bits per heavy atom. The van der Waals surface area contributed by atoms with E-state index < -0.39 is 29.2 Å². The number of nitrogens with zero attached hydrogens (tertiary/aromatic N) is 6. The number of rotatable bonds is 10. The molecule has 0 spiro atoms. The molecule has 18 aromatic rings. The van der Waals surface area contributed by atoms with E-state index in [1.807, 2.05) is 54.6 Å². The molecule has 0 N–H and O–H groups in total. The lowest BCUT2D eigenvalue weighted by molar-refractivity contribution is 0.00578. The van der Waals surface area contributed by atoms with Gasteiger partial charge in [-0.15, -0.1) is 0 Å². The van der Waals surface area contributed by atoms with Gasteiger partial charge < -0.3 is 18.8 Å². The summed E-state index contributed by atoms with van der Waals surface area (Å²) in [5.74, 6) is 6.09. The molecular formula is C103H78BClN6O4. The molecule has 2 aromatic heterocycles. The van der Waals surface area contributed by atoms with Crippen molar-refractivity contribution in [3.8, 4) is 79.9 Å². The van der Waals surface area contributed by atoms with Gasteiger partial charge in [0.25, 0.3) is 0 Å². The van der Waals surface area contributed by atoms with Gasteiger partial charge in [0, 0.05) is 50.0 Å². The van der Waals surface area contributed by atoms with Crippen LogP contribution in [0.25, 0.3) is 100 Å². The summed E-state index contributed by atoms with van der Waals surface area (Å²) in [4.78, 5) is 29.1. The summed E-state index contributed by atoms with van der Waals surface area (Å²) in [6.45, 7) is 8.32. The summed E-state index contributed by atoms with van der Waals surface area (Å²) in [5.41, 5.74) is 12.3. The van der Waals surface area contributed by atoms with Gasteiger partial charge in [-0.3, -0.25) is 0 Å². The Morgan fingerprint density at radius 1 is 0.270 bits per heavy atom. The van der Waals surface area contributed by atoms with Crippen LogP contribution in [-0.4, -0.2) is 48.2 Å². The summed E-state index contributed by atoms with van der Waals surface area (Å²) < 4.78 is 26.6. The third-order valence-corrected chi connectivity index (χ3v) is 22.9. The molecule has 0 bridgehead atoms. The van der Waals surface area contributed by atoms with E-state index in [2.05, 4.69) is 359 Å². The highest BCUT2D eigenvalue weighted by molar-refractivity contribution is 6.63. The minimum absolute atomic E-state index is 0. The van der Waals surface area contributed by atoms with Gasteiger partial charge in [0.15, 0.2) is 29.1 Å². The average Bonchev–Trinajstić information content (AvgIpc) is 1.70. The Hall–Kier alpha value is -13.5. The van der Waals surface area contributed by atoms with Gasteiger partial charge in [0.1, 0.15) is 23.0 Å². The number of fused-ring (bicyclic) bond motifs is 8. The molecule has 0 aliphatic carbocycles. The van der Waals surface area contributed by atoms with Crippen molar-refractivity contribution >= 4 is 67.3 Å². The SMILES string of the molecule is C.CC1(C)OB(c2cccc3c2Oc2ccccc2C3(c2ccccc2)c2ccccc2)OC1(C)C.Clc1nc(-c2ccc3ccccc3c2)nc(-c2cccc3ccccc23)n1.c1ccc(C2(c3ccccc3)c3ccccc3Oc3c(-c4nc(-c5ccc6ccccc6c5)nc(-c5cccc6ccccc56)n4)cccc32)cc1. The Balaban J connectivity index is 0.000000126. The fourth-order valence-electron chi connectivity index (χ4n) is 16.7. The average molecular weight is 1510 g/mol. The normalized spacial score (nSPS) is 14.2. The Bertz CT molecular complexity index is 6580. The zero-order chi connectivity index (χ0) is 77.0. The summed E-state index contributed by atoms with van der Waals surface area (Å²) in [5, 5.41) is 9.23. The Morgan fingerprint density at radius 3 is 1.07 bits per heavy atom. The van der Waals surface area contributed by atoms with Crippen LogP contribution in [0.1, 0.15) is 79.6 Å². The van der Waals surface area contributed by atoms with Crippen molar-refractivity contribution in [2.24, 2.45) is 0 Å². The van der Waals surface area contributed by atoms with Crippen LogP contribution in [-0.2, 0) is 20.1 Å². The first-order chi connectivity index (χ1) is 55.9. The molecule has 554 valence electrons. The number of halogens is 1. The molecule has 115 heavy (non-hydrogen) atoms. The molecular weight excluding hydrogens is 1430 g/mol. The van der Waals surface area contributed by atoms with E-state index in [0.717, 1.165) is 127 Å². The maximum Gasteiger partial charge on any atom is 0.498 e. The molecule has 5 heterocycles. The van der Waals surface area contributed by atoms with Gasteiger partial charge in [-0.25, -0.2) is 19.9 Å². The number of benzene rings is 16. The molecule has 16 aromatic carbocycles. The lowest BCUT2D eigenvalue weighted by atomic mass is 9.62. The van der Waals surface area contributed by atoms with Gasteiger partial charge in [0.05, 0.1) is 27.6 Å². The topological polar surface area (TPSA) is 114 Å². The zero-order valence-corrected chi connectivity index (χ0v) is 63.8. The molecule has 21 rings (SSSR count). The fourth-order valence-corrected chi connectivity index (χ4v) is 16.8. The minimum Gasteiger partial charge on any atom is -0.457 e. The molecule has 0 amide bonds. The molecule has 12 heteroatoms. The first-order valence-corrected chi connectivity index (χ1v) is 38.8. The second-order valence-corrected chi connectivity index (χ2v) is 30.2. The predicted octanol–water partition coefficient (Wildman–Crippen LogP) is 24.9. The van der Waals surface area contributed by atoms with Crippen LogP contribution in [0.2, 0.25) is 5.28 Å². The van der Waals surface area contributed by atoms with E-state index in [-0.39, 0.29) is 12.7 Å². The molecule has 1 fully saturated rings. The number of para-hydroxylation sites is 4. The molecule has 0 atom stereocenters. The van der Waals surface area contributed by atoms with Crippen LogP contribution >= 0.6 is 11.6 Å². The third-order valence-electron chi connectivity index (χ3n) is 22.8. The molecule has 10 nitrogen and oxygen atoms in total. The first kappa shape index (κ1) is 73.0. The largest absolute Gasteiger partial charge is 0.498 e. The number of ether oxygens (including phenoxy) is 2. The Labute approximate surface area is 674 Å². The Kier molecular flexibility index (Phi) is 19.1. The van der Waals surface area contributed by atoms with Crippen molar-refractivity contribution < 1.29 is 18.8 Å². The standard InChI is InChI=1S/C48H31N3O.C31H29BO3.C23H14ClN3.CH4/c1-3-19-36(20-4-1)48(37-21-5-2-6-22-37)41-26-11-12-28-43(41)52-44-40(25-14-27-42(44)48)47-50-45(35-30-29-32-15-7-8-17-34(32)31-35)49-46(51-47)39-24-13-18-33-16-9-10-23-38(33)39;1-29(2)30(3,4)35-32(34-29)26-20-13-19-25-28(26)33-27-21-12-11-18-24(27)31(25,22-14-7-5-8-15-22)23-16-9-6-10-17-23;24-23-26-21(18-13-12-15-6-1-2-8-17(15)14-18)25-22(27-23)20-11-5-9-16-7-3-4-10-19(16)20;/h1-31H;5-21H,1-4H3;1-14H;1H4. The van der Waals surface area contributed by atoms with Crippen LogP contribution in [0.4, 0.5) is 0 Å². The van der Waals surface area contributed by atoms with Gasteiger partial charge in [-0.2, -0.15) is 9.97 Å². The molecule has 0 radical (unpaired) electrons. The van der Waals surface area contributed by atoms with Crippen LogP contribution in [0, 0.1) is 0 Å². The number of hydrogen-bond donors (Lipinski definition) is 0. The summed E-state index contributed by atoms with van der Waals surface area (Å²) in [7, 11) is -0.524. The van der Waals surface area contributed by atoms with E-state index in [1.54, 1.807) is 0 Å². The van der Waals surface area contributed by atoms with Crippen molar-refractivity contribution in [2.75, 3.05) is 0 Å². The monoisotopic (exact) mass is 1510 g/mol. The van der Waals surface area contributed by atoms with Gasteiger partial charge in [-0.05, 0) is 135 Å². The van der Waals surface area contributed by atoms with E-state index in [9.17, 15) is 0 Å². The molecule has 3 aliphatic rings. The molecule has 0 saturated carbocycles. The van der Waals surface area contributed by atoms with Crippen LogP contribution in [0.5, 0.6) is 23.0 Å². The zero-order valence-electron chi connectivity index (χ0n) is 63.1. The second kappa shape index (κ2) is 30.2. The highest BCUT2D eigenvalue weighted by atomic mass is 35.5.